The maximum atomic E-state index is 2.55. The van der Waals surface area contributed by atoms with Gasteiger partial charge in [0, 0.05) is 5.41 Å². The predicted octanol–water partition coefficient (Wildman–Crippen LogP) is 11.4. The molecule has 0 N–H and O–H groups in total. The fourth-order valence-corrected chi connectivity index (χ4v) is 15.9. The Hall–Kier alpha value is -5.50. The molecule has 0 bridgehead atoms. The molecule has 0 fully saturated rings. The van der Waals surface area contributed by atoms with Gasteiger partial charge in [-0.2, -0.15) is 0 Å². The Labute approximate surface area is 301 Å². The Balaban J connectivity index is 1.19. The van der Waals surface area contributed by atoms with Crippen LogP contribution in [0.15, 0.2) is 152 Å². The van der Waals surface area contributed by atoms with Gasteiger partial charge in [-0.1, -0.05) is 165 Å². The molecule has 8 aromatic rings. The van der Waals surface area contributed by atoms with Gasteiger partial charge >= 0.3 is 0 Å². The Morgan fingerprint density at radius 3 is 1.84 bits per heavy atom. The summed E-state index contributed by atoms with van der Waals surface area (Å²) in [7, 11) is -1.96. The maximum Gasteiger partial charge on any atom is 0.128 e. The highest BCUT2D eigenvalue weighted by molar-refractivity contribution is 7.05. The van der Waals surface area contributed by atoms with E-state index in [1.807, 2.05) is 0 Å². The van der Waals surface area contributed by atoms with Crippen LogP contribution in [0.5, 0.6) is 0 Å². The number of aryl methyl sites for hydroxylation is 1. The summed E-state index contributed by atoms with van der Waals surface area (Å²) < 4.78 is 0. The van der Waals surface area contributed by atoms with Crippen molar-refractivity contribution in [2.24, 2.45) is 0 Å². The van der Waals surface area contributed by atoms with Crippen molar-refractivity contribution in [2.75, 3.05) is 0 Å². The minimum absolute atomic E-state index is 0.0501. The van der Waals surface area contributed by atoms with E-state index in [1.54, 1.807) is 21.5 Å². The van der Waals surface area contributed by atoms with Crippen LogP contribution in [-0.4, -0.2) is 8.07 Å². The zero-order valence-electron chi connectivity index (χ0n) is 29.3. The normalized spacial score (nSPS) is 15.5. The smallest absolute Gasteiger partial charge is 0.0623 e. The number of hydrogen-bond acceptors (Lipinski definition) is 0. The van der Waals surface area contributed by atoms with E-state index in [9.17, 15) is 0 Å². The third-order valence-electron chi connectivity index (χ3n) is 12.7. The van der Waals surface area contributed by atoms with Crippen LogP contribution in [0.4, 0.5) is 0 Å². The molecule has 51 heavy (non-hydrogen) atoms. The van der Waals surface area contributed by atoms with E-state index in [-0.39, 0.29) is 5.41 Å². The monoisotopic (exact) mass is 666 g/mol. The second-order valence-electron chi connectivity index (χ2n) is 15.8. The largest absolute Gasteiger partial charge is 0.128 e. The number of rotatable bonds is 2. The molecule has 8 aromatic carbocycles. The first-order valence-electron chi connectivity index (χ1n) is 18.4. The molecule has 2 heterocycles. The summed E-state index contributed by atoms with van der Waals surface area (Å²) in [5.41, 5.74) is 18.2. The van der Waals surface area contributed by atoms with Crippen molar-refractivity contribution in [3.63, 3.8) is 0 Å². The fourth-order valence-electron chi connectivity index (χ4n) is 10.5. The van der Waals surface area contributed by atoms with Gasteiger partial charge in [-0.25, -0.2) is 0 Å². The fraction of sp³-hybridized carbons (Fsp3) is 0.120. The standard InChI is InChI=1S/C50H38Si/c1-31-23-25-38-42(27-31)48(40-19-12-21-44-49(40)39-18-8-10-20-43(39)50(44,2)3)37-17-7-6-16-36(37)47(38)32-24-26-46-41(28-32)35-15-9-11-22-45(35)51(46)29-33-13-4-5-14-34(33)30-51/h4-28H,29-30H2,1-3H3. The molecule has 11 rings (SSSR count). The Morgan fingerprint density at radius 2 is 1.04 bits per heavy atom. The first-order chi connectivity index (χ1) is 24.9. The quantitative estimate of drug-likeness (QED) is 0.127. The van der Waals surface area contributed by atoms with E-state index in [2.05, 4.69) is 172 Å². The van der Waals surface area contributed by atoms with E-state index in [0.717, 1.165) is 0 Å². The average Bonchev–Trinajstić information content (AvgIpc) is 3.76. The third kappa shape index (κ3) is 3.85. The zero-order chi connectivity index (χ0) is 34.1. The number of benzene rings is 8. The second-order valence-corrected chi connectivity index (χ2v) is 19.7. The van der Waals surface area contributed by atoms with E-state index in [4.69, 9.17) is 0 Å². The molecule has 0 amide bonds. The van der Waals surface area contributed by atoms with Gasteiger partial charge in [0.1, 0.15) is 8.07 Å². The van der Waals surface area contributed by atoms with E-state index in [1.165, 1.54) is 94.8 Å². The zero-order valence-corrected chi connectivity index (χ0v) is 30.3. The molecule has 0 saturated heterocycles. The van der Waals surface area contributed by atoms with Crippen molar-refractivity contribution in [1.29, 1.82) is 0 Å². The van der Waals surface area contributed by atoms with Crippen LogP contribution in [-0.2, 0) is 17.5 Å². The summed E-state index contributed by atoms with van der Waals surface area (Å²) in [5, 5.41) is 8.53. The lowest BCUT2D eigenvalue weighted by atomic mass is 9.80. The lowest BCUT2D eigenvalue weighted by Gasteiger charge is -2.24. The third-order valence-corrected chi connectivity index (χ3v) is 17.6. The molecular formula is C50H38Si. The van der Waals surface area contributed by atoms with Gasteiger partial charge in [-0.15, -0.1) is 0 Å². The second kappa shape index (κ2) is 10.3. The van der Waals surface area contributed by atoms with Crippen LogP contribution in [0.3, 0.4) is 0 Å². The average molecular weight is 667 g/mol. The molecular weight excluding hydrogens is 629 g/mol. The van der Waals surface area contributed by atoms with Gasteiger partial charge in [-0.3, -0.25) is 0 Å². The van der Waals surface area contributed by atoms with Crippen molar-refractivity contribution in [2.45, 2.75) is 38.3 Å². The van der Waals surface area contributed by atoms with Crippen LogP contribution in [0.2, 0.25) is 0 Å². The molecule has 0 unspecified atom stereocenters. The number of hydrogen-bond donors (Lipinski definition) is 0. The molecule has 1 spiro atoms. The van der Waals surface area contributed by atoms with E-state index in [0.29, 0.717) is 0 Å². The lowest BCUT2D eigenvalue weighted by Crippen LogP contribution is -2.57. The van der Waals surface area contributed by atoms with Crippen LogP contribution >= 0.6 is 0 Å². The highest BCUT2D eigenvalue weighted by Crippen LogP contribution is 2.54. The first-order valence-corrected chi connectivity index (χ1v) is 20.9. The minimum Gasteiger partial charge on any atom is -0.0623 e. The molecule has 0 atom stereocenters. The topological polar surface area (TPSA) is 0 Å². The van der Waals surface area contributed by atoms with Crippen molar-refractivity contribution in [1.82, 2.24) is 0 Å². The highest BCUT2D eigenvalue weighted by atomic mass is 28.3. The molecule has 0 nitrogen and oxygen atoms in total. The molecule has 0 radical (unpaired) electrons. The highest BCUT2D eigenvalue weighted by Gasteiger charge is 2.49. The lowest BCUT2D eigenvalue weighted by molar-refractivity contribution is 0.660. The van der Waals surface area contributed by atoms with Gasteiger partial charge in [0.05, 0.1) is 0 Å². The Bertz CT molecular complexity index is 2770. The van der Waals surface area contributed by atoms with Crippen molar-refractivity contribution >= 4 is 40.0 Å². The summed E-state index contributed by atoms with van der Waals surface area (Å²) in [5.74, 6) is 0. The molecule has 242 valence electrons. The molecule has 0 saturated carbocycles. The van der Waals surface area contributed by atoms with E-state index >= 15 is 0 Å². The van der Waals surface area contributed by atoms with Gasteiger partial charge in [0.25, 0.3) is 0 Å². The van der Waals surface area contributed by atoms with Crippen LogP contribution in [0, 0.1) is 6.92 Å². The molecule has 0 aromatic heterocycles. The molecule has 3 aliphatic rings. The summed E-state index contributed by atoms with van der Waals surface area (Å²) in [4.78, 5) is 0. The van der Waals surface area contributed by atoms with Crippen LogP contribution in [0.25, 0.3) is 66.1 Å². The predicted molar refractivity (Wildman–Crippen MR) is 219 cm³/mol. The van der Waals surface area contributed by atoms with Gasteiger partial charge in [0.2, 0.25) is 0 Å². The summed E-state index contributed by atoms with van der Waals surface area (Å²) in [6.07, 6.45) is 0. The summed E-state index contributed by atoms with van der Waals surface area (Å²) >= 11 is 0. The summed E-state index contributed by atoms with van der Waals surface area (Å²) in [6.45, 7) is 7.00. The van der Waals surface area contributed by atoms with Gasteiger partial charge < -0.3 is 0 Å². The molecule has 2 aliphatic heterocycles. The van der Waals surface area contributed by atoms with Crippen LogP contribution in [0.1, 0.15) is 41.7 Å². The Morgan fingerprint density at radius 1 is 0.431 bits per heavy atom. The van der Waals surface area contributed by atoms with Gasteiger partial charge in [0.15, 0.2) is 0 Å². The van der Waals surface area contributed by atoms with Crippen molar-refractivity contribution in [3.8, 4) is 44.5 Å². The van der Waals surface area contributed by atoms with Gasteiger partial charge in [-0.05, 0) is 124 Å². The number of fused-ring (bicyclic) bond motifs is 11. The molecule has 1 heteroatoms. The molecule has 1 aliphatic carbocycles. The minimum atomic E-state index is -1.96. The maximum absolute atomic E-state index is 2.55. The SMILES string of the molecule is Cc1ccc2c(-c3ccc4c(c3)-c3ccccc3[Si]43Cc4ccccc4C3)c3ccccc3c(-c3cccc4c3-c3ccccc3C4(C)C)c2c1. The van der Waals surface area contributed by atoms with E-state index < -0.39 is 8.07 Å². The van der Waals surface area contributed by atoms with Crippen LogP contribution < -0.4 is 10.4 Å². The first kappa shape index (κ1) is 29.2. The Kier molecular flexibility index (Phi) is 5.90. The van der Waals surface area contributed by atoms with Crippen molar-refractivity contribution < 1.29 is 0 Å². The summed E-state index contributed by atoms with van der Waals surface area (Å²) in [6, 6.07) is 60.9. The van der Waals surface area contributed by atoms with Crippen molar-refractivity contribution in [3.05, 3.63) is 179 Å².